The van der Waals surface area contributed by atoms with Crippen molar-refractivity contribution in [3.8, 4) is 0 Å². The van der Waals surface area contributed by atoms with Crippen molar-refractivity contribution in [2.45, 2.75) is 42.9 Å². The van der Waals surface area contributed by atoms with Crippen LogP contribution in [-0.2, 0) is 31.1 Å². The number of thiazole rings is 1. The molecule has 4 rings (SSSR count). The Bertz CT molecular complexity index is 1540. The lowest BCUT2D eigenvalue weighted by Crippen LogP contribution is -2.71. The third-order valence-electron chi connectivity index (χ3n) is 6.29. The predicted octanol–water partition coefficient (Wildman–Crippen LogP) is 0.0736. The molecule has 2 amide bonds. The minimum atomic E-state index is -1.77. The fraction of sp³-hybridized carbons (Fsp3) is 0.417. The first-order valence-corrected chi connectivity index (χ1v) is 15.6. The number of aromatic nitrogens is 3. The summed E-state index contributed by atoms with van der Waals surface area (Å²) < 4.78 is 1.81. The highest BCUT2D eigenvalue weighted by atomic mass is 32.2. The fourth-order valence-electron chi connectivity index (χ4n) is 3.99. The normalized spacial score (nSPS) is 18.6. The fourth-order valence-corrected chi connectivity index (χ4v) is 7.02. The number of amides is 2. The van der Waals surface area contributed by atoms with Crippen LogP contribution in [0.15, 0.2) is 33.0 Å². The summed E-state index contributed by atoms with van der Waals surface area (Å²) in [4.78, 5) is 64.9. The summed E-state index contributed by atoms with van der Waals surface area (Å²) in [5, 5.41) is 30.3. The van der Waals surface area contributed by atoms with Crippen LogP contribution in [0.5, 0.6) is 0 Å². The lowest BCUT2D eigenvalue weighted by molar-refractivity contribution is -0.699. The average molecular weight is 653 g/mol. The van der Waals surface area contributed by atoms with Gasteiger partial charge in [-0.2, -0.15) is 0 Å². The van der Waals surface area contributed by atoms with Crippen LogP contribution in [0, 0.1) is 0 Å². The first kappa shape index (κ1) is 31.8. The number of oxime groups is 1. The number of hydrogen-bond acceptors (Lipinski definition) is 14. The SMILES string of the molecule is CCNc1cc(N)nc(SCC2=C(C(=O)O)N3C(=O)C(NC(=O)/C(=N\OC(C)(C)C(=O)O)c4csc(N)n4)C3SC2)[n+]1C. The second-order valence-corrected chi connectivity index (χ2v) is 12.7. The minimum absolute atomic E-state index is 0.0205. The zero-order valence-electron chi connectivity index (χ0n) is 23.5. The number of anilines is 3. The number of β-lactam (4-membered cyclic amide) rings is 1. The van der Waals surface area contributed by atoms with Crippen molar-refractivity contribution in [1.29, 1.82) is 0 Å². The third kappa shape index (κ3) is 6.62. The van der Waals surface area contributed by atoms with Crippen LogP contribution in [0.25, 0.3) is 0 Å². The van der Waals surface area contributed by atoms with Gasteiger partial charge in [-0.15, -0.1) is 23.1 Å². The number of nitrogens with one attached hydrogen (secondary N) is 2. The number of hydrogen-bond donors (Lipinski definition) is 6. The smallest absolute Gasteiger partial charge is 0.352 e. The number of nitrogens with zero attached hydrogens (tertiary/aromatic N) is 5. The van der Waals surface area contributed by atoms with Crippen LogP contribution in [-0.4, -0.2) is 89.6 Å². The van der Waals surface area contributed by atoms with Crippen LogP contribution < -0.4 is 26.7 Å². The van der Waals surface area contributed by atoms with E-state index in [2.05, 4.69) is 25.8 Å². The molecule has 1 fully saturated rings. The Morgan fingerprint density at radius 3 is 2.63 bits per heavy atom. The van der Waals surface area contributed by atoms with Gasteiger partial charge in [0.25, 0.3) is 11.8 Å². The first-order chi connectivity index (χ1) is 20.2. The van der Waals surface area contributed by atoms with Gasteiger partial charge in [0.15, 0.2) is 10.8 Å². The molecule has 0 radical (unpaired) electrons. The van der Waals surface area contributed by atoms with Gasteiger partial charge in [-0.1, -0.05) is 10.1 Å². The largest absolute Gasteiger partial charge is 0.478 e. The summed E-state index contributed by atoms with van der Waals surface area (Å²) in [6.07, 6.45) is 0. The lowest BCUT2D eigenvalue weighted by atomic mass is 10.0. The molecule has 0 aromatic carbocycles. The monoisotopic (exact) mass is 652 g/mol. The second-order valence-electron chi connectivity index (χ2n) is 9.76. The lowest BCUT2D eigenvalue weighted by Gasteiger charge is -2.49. The number of rotatable bonds is 12. The van der Waals surface area contributed by atoms with Crippen molar-refractivity contribution in [3.05, 3.63) is 28.4 Å². The Labute approximate surface area is 257 Å². The van der Waals surface area contributed by atoms with Gasteiger partial charge in [0.05, 0.1) is 19.7 Å². The number of aliphatic carboxylic acids is 2. The van der Waals surface area contributed by atoms with Crippen molar-refractivity contribution in [2.24, 2.45) is 12.2 Å². The highest BCUT2D eigenvalue weighted by molar-refractivity contribution is 8.01. The number of nitrogen functional groups attached to an aromatic ring is 2. The molecule has 1 saturated heterocycles. The van der Waals surface area contributed by atoms with E-state index in [0.29, 0.717) is 23.1 Å². The van der Waals surface area contributed by atoms with E-state index in [-0.39, 0.29) is 33.7 Å². The zero-order chi connectivity index (χ0) is 31.6. The van der Waals surface area contributed by atoms with E-state index in [1.165, 1.54) is 42.8 Å². The van der Waals surface area contributed by atoms with E-state index in [4.69, 9.17) is 16.3 Å². The summed E-state index contributed by atoms with van der Waals surface area (Å²) in [5.74, 6) is -2.53. The summed E-state index contributed by atoms with van der Waals surface area (Å²) in [7, 11) is 1.81. The number of thioether (sulfide) groups is 2. The quantitative estimate of drug-likeness (QED) is 0.0444. The molecular formula is C24H30N9O7S3+. The number of carboxylic acid groups (broad SMARTS) is 2. The zero-order valence-corrected chi connectivity index (χ0v) is 25.9. The average Bonchev–Trinajstić information content (AvgIpc) is 3.37. The summed E-state index contributed by atoms with van der Waals surface area (Å²) >= 11 is 3.60. The Hall–Kier alpha value is -4.10. The molecule has 16 nitrogen and oxygen atoms in total. The van der Waals surface area contributed by atoms with Crippen molar-refractivity contribution in [2.75, 3.05) is 34.8 Å². The number of carbonyl (C=O) groups excluding carboxylic acids is 2. The van der Waals surface area contributed by atoms with Gasteiger partial charge in [0, 0.05) is 16.9 Å². The Balaban J connectivity index is 1.53. The standard InChI is InChI=1S/C24H29N9O7S3/c1-5-27-13-6-12(25)29-23(32(13)4)43-8-10-7-41-19-15(18(35)33(19)16(10)20(36)37)30-17(34)14(11-9-42-22(26)28-11)31-40-24(2,3)21(38)39/h6,9,15,19H,5,7-8H2,1-4H3,(H7,25,26,27,28,30,34,36,37,38,39)/p+1/b31-14-. The van der Waals surface area contributed by atoms with Crippen LogP contribution in [0.4, 0.5) is 16.8 Å². The summed E-state index contributed by atoms with van der Waals surface area (Å²) in [6.45, 7) is 5.10. The van der Waals surface area contributed by atoms with Gasteiger partial charge in [-0.3, -0.25) is 14.5 Å². The maximum atomic E-state index is 13.3. The molecule has 0 saturated carbocycles. The van der Waals surface area contributed by atoms with E-state index in [0.717, 1.165) is 22.1 Å². The van der Waals surface area contributed by atoms with E-state index < -0.39 is 40.8 Å². The molecule has 2 aromatic heterocycles. The molecule has 2 atom stereocenters. The van der Waals surface area contributed by atoms with Crippen LogP contribution in [0.2, 0.25) is 0 Å². The second kappa shape index (κ2) is 12.6. The molecule has 43 heavy (non-hydrogen) atoms. The van der Waals surface area contributed by atoms with Gasteiger partial charge in [0.1, 0.15) is 22.8 Å². The van der Waals surface area contributed by atoms with Crippen LogP contribution >= 0.6 is 34.9 Å². The van der Waals surface area contributed by atoms with Crippen molar-refractivity contribution >= 4 is 81.1 Å². The van der Waals surface area contributed by atoms with E-state index in [1.807, 2.05) is 14.0 Å². The number of nitrogens with two attached hydrogens (primary N) is 2. The summed E-state index contributed by atoms with van der Waals surface area (Å²) in [5.41, 5.74) is 9.87. The maximum absolute atomic E-state index is 13.3. The molecule has 2 aromatic rings. The number of fused-ring (bicyclic) bond motifs is 1. The van der Waals surface area contributed by atoms with Gasteiger partial charge in [-0.05, 0) is 38.1 Å². The van der Waals surface area contributed by atoms with Crippen molar-refractivity contribution in [1.82, 2.24) is 20.2 Å². The molecule has 2 aliphatic rings. The van der Waals surface area contributed by atoms with E-state index >= 15 is 0 Å². The van der Waals surface area contributed by atoms with E-state index in [9.17, 15) is 29.4 Å². The van der Waals surface area contributed by atoms with Gasteiger partial charge in [-0.25, -0.2) is 19.1 Å². The van der Waals surface area contributed by atoms with Gasteiger partial charge >= 0.3 is 17.1 Å². The molecule has 2 unspecified atom stereocenters. The highest BCUT2D eigenvalue weighted by Gasteiger charge is 2.54. The van der Waals surface area contributed by atoms with Crippen LogP contribution in [0.1, 0.15) is 26.5 Å². The predicted molar refractivity (Wildman–Crippen MR) is 160 cm³/mol. The molecule has 8 N–H and O–H groups in total. The molecule has 2 aliphatic heterocycles. The Morgan fingerprint density at radius 2 is 2.02 bits per heavy atom. The minimum Gasteiger partial charge on any atom is -0.478 e. The molecule has 230 valence electrons. The van der Waals surface area contributed by atoms with Gasteiger partial charge in [0.2, 0.25) is 17.2 Å². The number of carboxylic acids is 2. The Morgan fingerprint density at radius 1 is 1.30 bits per heavy atom. The van der Waals surface area contributed by atoms with Crippen LogP contribution in [0.3, 0.4) is 0 Å². The number of carbonyl (C=O) groups is 4. The third-order valence-corrected chi connectivity index (χ3v) is 9.42. The van der Waals surface area contributed by atoms with Crippen molar-refractivity contribution < 1.29 is 38.8 Å². The first-order valence-electron chi connectivity index (χ1n) is 12.7. The maximum Gasteiger partial charge on any atom is 0.352 e. The molecule has 4 heterocycles. The summed E-state index contributed by atoms with van der Waals surface area (Å²) in [6, 6.07) is 0.619. The molecule has 0 bridgehead atoms. The molecule has 0 spiro atoms. The molecule has 0 aliphatic carbocycles. The molecular weight excluding hydrogens is 623 g/mol. The molecule has 19 heteroatoms. The highest BCUT2D eigenvalue weighted by Crippen LogP contribution is 2.41. The van der Waals surface area contributed by atoms with Crippen molar-refractivity contribution in [3.63, 3.8) is 0 Å². The topological polar surface area (TPSA) is 239 Å². The van der Waals surface area contributed by atoms with Gasteiger partial charge < -0.3 is 37.2 Å². The Kier molecular flexibility index (Phi) is 9.35. The van der Waals surface area contributed by atoms with E-state index in [1.54, 1.807) is 10.6 Å².